The van der Waals surface area contributed by atoms with Crippen molar-refractivity contribution in [2.45, 2.75) is 192 Å². The van der Waals surface area contributed by atoms with Crippen LogP contribution in [0.4, 0.5) is 4.79 Å². The molecule has 3 heterocycles. The topological polar surface area (TPSA) is 446 Å². The molecule has 0 spiro atoms. The molecule has 0 bridgehead atoms. The molecule has 3 amide bonds. The number of nitrogens with one attached hydrogen (secondary N) is 3. The van der Waals surface area contributed by atoms with E-state index < -0.39 is 227 Å². The molecule has 1 aliphatic carbocycles. The van der Waals surface area contributed by atoms with E-state index in [1.54, 1.807) is 42.5 Å². The minimum atomic E-state index is -3.07. The van der Waals surface area contributed by atoms with Gasteiger partial charge in [0.05, 0.1) is 25.7 Å². The number of alkyl carbamates (subject to hydrolysis) is 1. The Kier molecular flexibility index (Phi) is 27.5. The number of aliphatic hydroxyl groups excluding tert-OH is 1. The second kappa shape index (κ2) is 35.4. The molecule has 0 radical (unpaired) electrons. The highest BCUT2D eigenvalue weighted by Gasteiger charge is 2.62. The molecule has 34 nitrogen and oxygen atoms in total. The van der Waals surface area contributed by atoms with E-state index in [1.165, 1.54) is 0 Å². The van der Waals surface area contributed by atoms with Gasteiger partial charge < -0.3 is 102 Å². The first-order valence-electron chi connectivity index (χ1n) is 31.3. The highest BCUT2D eigenvalue weighted by molar-refractivity contribution is 5.82. The van der Waals surface area contributed by atoms with Gasteiger partial charge in [0.15, 0.2) is 49.1 Å². The zero-order valence-electron chi connectivity index (χ0n) is 56.0. The van der Waals surface area contributed by atoms with Crippen LogP contribution in [-0.4, -0.2) is 224 Å². The van der Waals surface area contributed by atoms with Crippen molar-refractivity contribution < 1.29 is 148 Å². The van der Waals surface area contributed by atoms with Crippen molar-refractivity contribution in [3.8, 4) is 11.1 Å². The third-order valence-electron chi connectivity index (χ3n) is 15.6. The molecular weight excluding hydrogens is 1330 g/mol. The summed E-state index contributed by atoms with van der Waals surface area (Å²) in [5, 5.41) is 30.8. The number of ether oxygens (including phenoxy) is 16. The molecule has 0 unspecified atom stereocenters. The Morgan fingerprint density at radius 2 is 1.09 bits per heavy atom. The quantitative estimate of drug-likeness (QED) is 0.0481. The Morgan fingerprint density at radius 1 is 0.540 bits per heavy atom. The average molecular weight is 1410 g/mol. The predicted molar refractivity (Wildman–Crippen MR) is 330 cm³/mol. The van der Waals surface area contributed by atoms with Crippen LogP contribution in [0.3, 0.4) is 0 Å². The number of carboxylic acids is 1. The lowest BCUT2D eigenvalue weighted by atomic mass is 9.87. The Bertz CT molecular complexity index is 3430. The maximum absolute atomic E-state index is 15.3. The molecule has 0 aromatic heterocycles. The molecule has 3 saturated heterocycles. The summed E-state index contributed by atoms with van der Waals surface area (Å²) in [7, 11) is 0. The summed E-state index contributed by atoms with van der Waals surface area (Å²) in [5.41, 5.74) is 3.80. The molecule has 34 heteroatoms. The molecule has 4 aliphatic rings. The predicted octanol–water partition coefficient (Wildman–Crippen LogP) is 1.16. The Morgan fingerprint density at radius 3 is 1.65 bits per heavy atom. The van der Waals surface area contributed by atoms with Crippen LogP contribution in [0, 0.1) is 0 Å². The van der Waals surface area contributed by atoms with E-state index in [4.69, 9.17) is 75.8 Å². The number of hydrogen-bond donors (Lipinski definition) is 5. The van der Waals surface area contributed by atoms with Crippen molar-refractivity contribution in [1.29, 1.82) is 0 Å². The van der Waals surface area contributed by atoms with E-state index in [0.717, 1.165) is 91.5 Å². The number of aliphatic hydroxyl groups is 1. The zero-order chi connectivity index (χ0) is 73.3. The largest absolute Gasteiger partial charge is 0.480 e. The van der Waals surface area contributed by atoms with Gasteiger partial charge in [-0.3, -0.25) is 47.9 Å². The van der Waals surface area contributed by atoms with E-state index in [1.807, 2.05) is 36.4 Å². The van der Waals surface area contributed by atoms with Crippen molar-refractivity contribution >= 4 is 77.6 Å². The van der Waals surface area contributed by atoms with Crippen LogP contribution in [0.15, 0.2) is 78.9 Å². The first-order chi connectivity index (χ1) is 47.3. The van der Waals surface area contributed by atoms with Crippen molar-refractivity contribution in [3.63, 3.8) is 0 Å². The third kappa shape index (κ3) is 20.9. The Balaban J connectivity index is 1.35. The molecular formula is C66H79N3O31. The lowest BCUT2D eigenvalue weighted by molar-refractivity contribution is -0.356. The standard InChI is InChI=1S/C66H79N3O31/c1-31(70)67-52-48(91-35(5)74)24-66(64(83)88-25-41-18-12-11-13-19-41,100-58(52)55(93-37(7)76)50(92-36(6)75)28-85-33(3)72)90-30-49-54(80)57(99-63-60(96-40(10)79)59(95-39(9)78)56(94-38(8)77)51(98-63)29-86-34(4)73)53(68-32(2)71)62(97-49)87-27-47(61(81)82)69-65(84)89-26-46-44-22-16-14-20-42(44)43-21-15-17-23-45(43)46/h11-23,46-60,62-63,80H,24-30H2,1-10H3,(H,67,70)(H,68,71)(H,69,84)(H,81,82)/t47-,48-,49+,50+,51+,52+,53+,54-,55+,56-,57+,58+,59-,60+,62-,63-,66+/m0/s1. The van der Waals surface area contributed by atoms with E-state index in [9.17, 15) is 67.7 Å². The van der Waals surface area contributed by atoms with Crippen LogP contribution in [-0.2, 0) is 140 Å². The van der Waals surface area contributed by atoms with E-state index in [0.29, 0.717) is 5.56 Å². The number of amides is 3. The Hall–Kier alpha value is -9.71. The fraction of sp³-hybridized carbons (Fsp3) is 0.530. The van der Waals surface area contributed by atoms with Crippen LogP contribution in [0.1, 0.15) is 98.3 Å². The number of esters is 9. The normalized spacial score (nSPS) is 26.1. The van der Waals surface area contributed by atoms with E-state index in [2.05, 4.69) is 16.0 Å². The molecule has 17 atom stereocenters. The highest BCUT2D eigenvalue weighted by Crippen LogP contribution is 2.45. The molecule has 3 fully saturated rings. The van der Waals surface area contributed by atoms with Crippen LogP contribution >= 0.6 is 0 Å². The number of rotatable bonds is 29. The van der Waals surface area contributed by atoms with Crippen LogP contribution in [0.25, 0.3) is 11.1 Å². The SMILES string of the molecule is CC(=O)N[C@H]1[C@@H](OC[C@H](NC(=O)OCC2c3ccccc3-c3ccccc32)C(=O)O)O[C@H](CO[C@]2(C(=O)OCc3ccccc3)C[C@H](OC(C)=O)[C@@H](NC(C)=O)[C@H]([C@H](OC(C)=O)[C@@H](COC(C)=O)OC(C)=O)O2)[C@H](O)[C@@H]1O[C@@H]1O[C@H](COC(C)=O)[C@H](OC(C)=O)[C@H](OC(C)=O)[C@H]1OC(C)=O. The molecule has 3 aromatic carbocycles. The van der Waals surface area contributed by atoms with Gasteiger partial charge >= 0.3 is 65.8 Å². The second-order valence-corrected chi connectivity index (χ2v) is 23.4. The number of carbonyl (C=O) groups excluding carboxylic acids is 12. The maximum Gasteiger partial charge on any atom is 0.407 e. The highest BCUT2D eigenvalue weighted by atomic mass is 16.8. The van der Waals surface area contributed by atoms with E-state index >= 15 is 4.79 Å². The van der Waals surface area contributed by atoms with Crippen molar-refractivity contribution in [2.75, 3.05) is 33.0 Å². The van der Waals surface area contributed by atoms with Crippen molar-refractivity contribution in [3.05, 3.63) is 95.6 Å². The summed E-state index contributed by atoms with van der Waals surface area (Å²) in [4.78, 5) is 171. The van der Waals surface area contributed by atoms with Gasteiger partial charge in [-0.15, -0.1) is 0 Å². The fourth-order valence-corrected chi connectivity index (χ4v) is 11.8. The number of hydrogen-bond acceptors (Lipinski definition) is 30. The summed E-state index contributed by atoms with van der Waals surface area (Å²) >= 11 is 0. The first-order valence-corrected chi connectivity index (χ1v) is 31.3. The first kappa shape index (κ1) is 77.6. The minimum Gasteiger partial charge on any atom is -0.480 e. The zero-order valence-corrected chi connectivity index (χ0v) is 56.0. The fourth-order valence-electron chi connectivity index (χ4n) is 11.8. The third-order valence-corrected chi connectivity index (χ3v) is 15.6. The number of carbonyl (C=O) groups is 13. The van der Waals surface area contributed by atoms with Crippen molar-refractivity contribution in [2.24, 2.45) is 0 Å². The van der Waals surface area contributed by atoms with Gasteiger partial charge in [-0.1, -0.05) is 78.9 Å². The van der Waals surface area contributed by atoms with Crippen molar-refractivity contribution in [1.82, 2.24) is 16.0 Å². The summed E-state index contributed by atoms with van der Waals surface area (Å²) in [5.74, 6) is -16.8. The average Bonchev–Trinajstić information content (AvgIpc) is 1.63. The number of aliphatic carboxylic acids is 1. The molecule has 3 aromatic rings. The molecule has 100 heavy (non-hydrogen) atoms. The number of fused-ring (bicyclic) bond motifs is 3. The molecule has 7 rings (SSSR count). The minimum absolute atomic E-state index is 0.270. The lowest BCUT2D eigenvalue weighted by Gasteiger charge is -2.50. The summed E-state index contributed by atoms with van der Waals surface area (Å²) in [6.45, 7) is 4.83. The molecule has 3 aliphatic heterocycles. The van der Waals surface area contributed by atoms with E-state index in [-0.39, 0.29) is 6.61 Å². The lowest BCUT2D eigenvalue weighted by Crippen LogP contribution is -2.70. The smallest absolute Gasteiger partial charge is 0.407 e. The van der Waals surface area contributed by atoms with Crippen LogP contribution < -0.4 is 16.0 Å². The Labute approximate surface area is 571 Å². The molecule has 0 saturated carbocycles. The van der Waals surface area contributed by atoms with Gasteiger partial charge in [-0.05, 0) is 27.8 Å². The van der Waals surface area contributed by atoms with Crippen LogP contribution in [0.5, 0.6) is 0 Å². The van der Waals surface area contributed by atoms with Gasteiger partial charge in [0, 0.05) is 75.2 Å². The molecule has 544 valence electrons. The summed E-state index contributed by atoms with van der Waals surface area (Å²) in [6.07, 6.45) is -28.3. The van der Waals surface area contributed by atoms with Gasteiger partial charge in [0.25, 0.3) is 5.79 Å². The summed E-state index contributed by atoms with van der Waals surface area (Å²) in [6, 6.07) is 17.1. The number of benzene rings is 3. The van der Waals surface area contributed by atoms with Gasteiger partial charge in [0.1, 0.15) is 69.1 Å². The monoisotopic (exact) mass is 1410 g/mol. The van der Waals surface area contributed by atoms with Crippen LogP contribution in [0.2, 0.25) is 0 Å². The van der Waals surface area contributed by atoms with Gasteiger partial charge in [0.2, 0.25) is 11.8 Å². The second-order valence-electron chi connectivity index (χ2n) is 23.4. The number of carboxylic acid groups (broad SMARTS) is 1. The summed E-state index contributed by atoms with van der Waals surface area (Å²) < 4.78 is 94.1. The van der Waals surface area contributed by atoms with Gasteiger partial charge in [-0.25, -0.2) is 14.4 Å². The molecule has 5 N–H and O–H groups in total. The maximum atomic E-state index is 15.3. The van der Waals surface area contributed by atoms with Gasteiger partial charge in [-0.2, -0.15) is 0 Å².